The molecular formula is C12H25NO. The average molecular weight is 199 g/mol. The SMILES string of the molecule is C=C(C)C(NC)C(OCC)C(C)(C)C. The molecule has 0 bridgehead atoms. The van der Waals surface area contributed by atoms with Crippen molar-refractivity contribution in [2.45, 2.75) is 46.8 Å². The van der Waals surface area contributed by atoms with Gasteiger partial charge in [0.25, 0.3) is 0 Å². The molecule has 0 fully saturated rings. The summed E-state index contributed by atoms with van der Waals surface area (Å²) in [5.74, 6) is 0. The number of rotatable bonds is 5. The molecule has 0 saturated carbocycles. The molecule has 84 valence electrons. The molecule has 0 heterocycles. The fourth-order valence-electron chi connectivity index (χ4n) is 1.68. The summed E-state index contributed by atoms with van der Waals surface area (Å²) in [5, 5.41) is 3.27. The van der Waals surface area contributed by atoms with Crippen LogP contribution in [-0.4, -0.2) is 25.8 Å². The highest BCUT2D eigenvalue weighted by molar-refractivity contribution is 5.07. The molecule has 0 aromatic carbocycles. The van der Waals surface area contributed by atoms with Crippen LogP contribution in [0.4, 0.5) is 0 Å². The molecule has 0 aliphatic rings. The third-order valence-corrected chi connectivity index (χ3v) is 2.34. The summed E-state index contributed by atoms with van der Waals surface area (Å²) in [4.78, 5) is 0. The lowest BCUT2D eigenvalue weighted by Gasteiger charge is -2.37. The number of hydrogen-bond donors (Lipinski definition) is 1. The summed E-state index contributed by atoms with van der Waals surface area (Å²) in [6, 6.07) is 0.231. The van der Waals surface area contributed by atoms with Gasteiger partial charge in [0.15, 0.2) is 0 Å². The predicted molar refractivity (Wildman–Crippen MR) is 62.5 cm³/mol. The van der Waals surface area contributed by atoms with Gasteiger partial charge < -0.3 is 10.1 Å². The van der Waals surface area contributed by atoms with Gasteiger partial charge in [0, 0.05) is 6.61 Å². The maximum absolute atomic E-state index is 5.80. The molecule has 1 N–H and O–H groups in total. The fraction of sp³-hybridized carbons (Fsp3) is 0.833. The molecular weight excluding hydrogens is 174 g/mol. The molecule has 2 nitrogen and oxygen atoms in total. The molecule has 2 heteroatoms. The first kappa shape index (κ1) is 13.7. The highest BCUT2D eigenvalue weighted by Crippen LogP contribution is 2.27. The Hall–Kier alpha value is -0.340. The molecule has 0 aliphatic heterocycles. The average Bonchev–Trinajstić information content (AvgIpc) is 2.02. The van der Waals surface area contributed by atoms with Crippen LogP contribution in [-0.2, 0) is 4.74 Å². The lowest BCUT2D eigenvalue weighted by atomic mass is 9.82. The summed E-state index contributed by atoms with van der Waals surface area (Å²) in [7, 11) is 1.96. The van der Waals surface area contributed by atoms with E-state index >= 15 is 0 Å². The van der Waals surface area contributed by atoms with E-state index in [-0.39, 0.29) is 17.6 Å². The number of hydrogen-bond acceptors (Lipinski definition) is 2. The van der Waals surface area contributed by atoms with Gasteiger partial charge in [-0.15, -0.1) is 0 Å². The Morgan fingerprint density at radius 3 is 2.14 bits per heavy atom. The van der Waals surface area contributed by atoms with E-state index in [1.165, 1.54) is 0 Å². The lowest BCUT2D eigenvalue weighted by molar-refractivity contribution is -0.0264. The predicted octanol–water partition coefficient (Wildman–Crippen LogP) is 2.60. The van der Waals surface area contributed by atoms with Gasteiger partial charge in [-0.3, -0.25) is 0 Å². The molecule has 0 aromatic rings. The third-order valence-electron chi connectivity index (χ3n) is 2.34. The van der Waals surface area contributed by atoms with E-state index < -0.39 is 0 Å². The first-order valence-electron chi connectivity index (χ1n) is 5.28. The van der Waals surface area contributed by atoms with Gasteiger partial charge in [-0.05, 0) is 26.3 Å². The Kier molecular flexibility index (Phi) is 5.38. The zero-order valence-electron chi connectivity index (χ0n) is 10.5. The van der Waals surface area contributed by atoms with Crippen LogP contribution in [0.15, 0.2) is 12.2 Å². The topological polar surface area (TPSA) is 21.3 Å². The van der Waals surface area contributed by atoms with Crippen LogP contribution in [0.25, 0.3) is 0 Å². The molecule has 0 aliphatic carbocycles. The molecule has 2 unspecified atom stereocenters. The molecule has 0 rings (SSSR count). The Morgan fingerprint density at radius 1 is 1.43 bits per heavy atom. The first-order valence-corrected chi connectivity index (χ1v) is 5.28. The Labute approximate surface area is 88.7 Å². The number of ether oxygens (including phenoxy) is 1. The highest BCUT2D eigenvalue weighted by Gasteiger charge is 2.32. The van der Waals surface area contributed by atoms with Crippen molar-refractivity contribution in [1.82, 2.24) is 5.32 Å². The van der Waals surface area contributed by atoms with Crippen molar-refractivity contribution in [3.8, 4) is 0 Å². The van der Waals surface area contributed by atoms with E-state index in [0.717, 1.165) is 12.2 Å². The van der Waals surface area contributed by atoms with E-state index in [9.17, 15) is 0 Å². The van der Waals surface area contributed by atoms with E-state index in [1.54, 1.807) is 0 Å². The summed E-state index contributed by atoms with van der Waals surface area (Å²) in [5.41, 5.74) is 1.25. The minimum atomic E-state index is 0.128. The zero-order valence-corrected chi connectivity index (χ0v) is 10.5. The van der Waals surface area contributed by atoms with Crippen LogP contribution in [0.2, 0.25) is 0 Å². The summed E-state index contributed by atoms with van der Waals surface area (Å²) >= 11 is 0. The van der Waals surface area contributed by atoms with Gasteiger partial charge in [-0.25, -0.2) is 0 Å². The van der Waals surface area contributed by atoms with E-state index in [4.69, 9.17) is 4.74 Å². The summed E-state index contributed by atoms with van der Waals surface area (Å²) in [6.45, 7) is 15.4. The van der Waals surface area contributed by atoms with Gasteiger partial charge in [0.2, 0.25) is 0 Å². The molecule has 14 heavy (non-hydrogen) atoms. The number of nitrogens with one attached hydrogen (secondary N) is 1. The van der Waals surface area contributed by atoms with Gasteiger partial charge in [-0.2, -0.15) is 0 Å². The van der Waals surface area contributed by atoms with Crippen LogP contribution in [0.3, 0.4) is 0 Å². The highest BCUT2D eigenvalue weighted by atomic mass is 16.5. The second-order valence-corrected chi connectivity index (χ2v) is 4.85. The summed E-state index contributed by atoms with van der Waals surface area (Å²) < 4.78 is 5.80. The van der Waals surface area contributed by atoms with Gasteiger partial charge in [0.1, 0.15) is 0 Å². The zero-order chi connectivity index (χ0) is 11.4. The van der Waals surface area contributed by atoms with Crippen LogP contribution < -0.4 is 5.32 Å². The quantitative estimate of drug-likeness (QED) is 0.687. The van der Waals surface area contributed by atoms with E-state index in [1.807, 2.05) is 20.9 Å². The Balaban J connectivity index is 4.69. The lowest BCUT2D eigenvalue weighted by Crippen LogP contribution is -2.47. The van der Waals surface area contributed by atoms with Crippen LogP contribution in [0.5, 0.6) is 0 Å². The van der Waals surface area contributed by atoms with E-state index in [0.29, 0.717) is 0 Å². The van der Waals surface area contributed by atoms with Gasteiger partial charge >= 0.3 is 0 Å². The maximum Gasteiger partial charge on any atom is 0.0814 e. The van der Waals surface area contributed by atoms with E-state index in [2.05, 4.69) is 32.7 Å². The molecule has 0 radical (unpaired) electrons. The Morgan fingerprint density at radius 2 is 1.93 bits per heavy atom. The van der Waals surface area contributed by atoms with Crippen molar-refractivity contribution < 1.29 is 4.74 Å². The standard InChI is InChI=1S/C12H25NO/c1-8-14-11(12(4,5)6)10(13-7)9(2)3/h10-11,13H,2,8H2,1,3-7H3. The minimum absolute atomic E-state index is 0.128. The van der Waals surface area contributed by atoms with Crippen LogP contribution in [0, 0.1) is 5.41 Å². The largest absolute Gasteiger partial charge is 0.376 e. The van der Waals surface area contributed by atoms with Crippen molar-refractivity contribution in [3.05, 3.63) is 12.2 Å². The van der Waals surface area contributed by atoms with Gasteiger partial charge in [0.05, 0.1) is 12.1 Å². The van der Waals surface area contributed by atoms with Crippen LogP contribution >= 0.6 is 0 Å². The molecule has 0 spiro atoms. The maximum atomic E-state index is 5.80. The van der Waals surface area contributed by atoms with Gasteiger partial charge in [-0.1, -0.05) is 32.9 Å². The van der Waals surface area contributed by atoms with Crippen molar-refractivity contribution >= 4 is 0 Å². The molecule has 0 saturated heterocycles. The molecule has 0 aromatic heterocycles. The summed E-state index contributed by atoms with van der Waals surface area (Å²) in [6.07, 6.45) is 0.176. The smallest absolute Gasteiger partial charge is 0.0814 e. The van der Waals surface area contributed by atoms with Crippen molar-refractivity contribution in [1.29, 1.82) is 0 Å². The minimum Gasteiger partial charge on any atom is -0.376 e. The second-order valence-electron chi connectivity index (χ2n) is 4.85. The normalized spacial score (nSPS) is 16.4. The number of likely N-dealkylation sites (N-methyl/N-ethyl adjacent to an activating group) is 1. The monoisotopic (exact) mass is 199 g/mol. The third kappa shape index (κ3) is 3.81. The molecule has 0 amide bonds. The van der Waals surface area contributed by atoms with Crippen molar-refractivity contribution in [2.24, 2.45) is 5.41 Å². The first-order chi connectivity index (χ1) is 6.34. The van der Waals surface area contributed by atoms with Crippen LogP contribution in [0.1, 0.15) is 34.6 Å². The Bertz CT molecular complexity index is 181. The van der Waals surface area contributed by atoms with Crippen molar-refractivity contribution in [3.63, 3.8) is 0 Å². The fourth-order valence-corrected chi connectivity index (χ4v) is 1.68. The van der Waals surface area contributed by atoms with Crippen molar-refractivity contribution in [2.75, 3.05) is 13.7 Å². The second kappa shape index (κ2) is 5.52. The molecule has 2 atom stereocenters.